The molecule has 6 nitrogen and oxygen atoms in total. The molecule has 12 aromatic rings. The lowest BCUT2D eigenvalue weighted by Crippen LogP contribution is -2.00. The fourth-order valence-corrected chi connectivity index (χ4v) is 8.32. The van der Waals surface area contributed by atoms with E-state index in [9.17, 15) is 0 Å². The summed E-state index contributed by atoms with van der Waals surface area (Å²) in [5, 5.41) is 6.65. The first-order valence-electron chi connectivity index (χ1n) is 19.0. The average molecular weight is 731 g/mol. The van der Waals surface area contributed by atoms with Crippen LogP contribution in [0, 0.1) is 0 Å². The molecule has 0 aliphatic rings. The van der Waals surface area contributed by atoms with Crippen molar-refractivity contribution in [2.45, 2.75) is 0 Å². The topological polar surface area (TPSA) is 69.9 Å². The number of hydrogen-bond acceptors (Lipinski definition) is 5. The molecule has 0 saturated carbocycles. The van der Waals surface area contributed by atoms with E-state index in [0.717, 1.165) is 77.4 Å². The summed E-state index contributed by atoms with van der Waals surface area (Å²) in [5.74, 6) is 1.86. The number of nitrogens with zero attached hydrogens (tertiary/aromatic N) is 4. The van der Waals surface area contributed by atoms with Crippen molar-refractivity contribution < 1.29 is 8.83 Å². The van der Waals surface area contributed by atoms with Crippen molar-refractivity contribution in [3.05, 3.63) is 182 Å². The van der Waals surface area contributed by atoms with Gasteiger partial charge in [0.05, 0.1) is 11.0 Å². The molecule has 57 heavy (non-hydrogen) atoms. The van der Waals surface area contributed by atoms with E-state index in [2.05, 4.69) is 114 Å². The Morgan fingerprint density at radius 3 is 1.19 bits per heavy atom. The van der Waals surface area contributed by atoms with E-state index in [1.165, 1.54) is 21.8 Å². The highest BCUT2D eigenvalue weighted by atomic mass is 16.3. The lowest BCUT2D eigenvalue weighted by atomic mass is 10.00. The maximum atomic E-state index is 6.39. The molecule has 0 N–H and O–H groups in total. The smallest absolute Gasteiger partial charge is 0.164 e. The zero-order chi connectivity index (χ0) is 37.5. The van der Waals surface area contributed by atoms with Crippen molar-refractivity contribution >= 4 is 65.7 Å². The van der Waals surface area contributed by atoms with Gasteiger partial charge in [-0.25, -0.2) is 15.0 Å². The highest BCUT2D eigenvalue weighted by molar-refractivity contribution is 6.12. The van der Waals surface area contributed by atoms with Crippen molar-refractivity contribution in [1.82, 2.24) is 19.5 Å². The van der Waals surface area contributed by atoms with Crippen LogP contribution >= 0.6 is 0 Å². The number of aromatic nitrogens is 4. The normalized spacial score (nSPS) is 11.9. The summed E-state index contributed by atoms with van der Waals surface area (Å²) in [7, 11) is 0. The van der Waals surface area contributed by atoms with Gasteiger partial charge in [0.1, 0.15) is 22.3 Å². The van der Waals surface area contributed by atoms with Gasteiger partial charge in [0.2, 0.25) is 0 Å². The number of fused-ring (bicyclic) bond motifs is 9. The van der Waals surface area contributed by atoms with Crippen LogP contribution in [0.25, 0.3) is 117 Å². The number of furan rings is 2. The van der Waals surface area contributed by atoms with Crippen LogP contribution in [0.3, 0.4) is 0 Å². The summed E-state index contributed by atoms with van der Waals surface area (Å²) >= 11 is 0. The number of para-hydroxylation sites is 2. The van der Waals surface area contributed by atoms with E-state index in [1.807, 2.05) is 72.8 Å². The van der Waals surface area contributed by atoms with E-state index in [4.69, 9.17) is 23.8 Å². The molecule has 0 unspecified atom stereocenters. The highest BCUT2D eigenvalue weighted by Gasteiger charge is 2.17. The molecule has 6 heteroatoms. The molecule has 8 aromatic carbocycles. The Hall–Kier alpha value is -7.83. The van der Waals surface area contributed by atoms with Gasteiger partial charge in [-0.1, -0.05) is 109 Å². The van der Waals surface area contributed by atoms with Gasteiger partial charge in [0, 0.05) is 54.7 Å². The Balaban J connectivity index is 0.976. The second kappa shape index (κ2) is 12.3. The summed E-state index contributed by atoms with van der Waals surface area (Å²) in [6.07, 6.45) is 0. The fraction of sp³-hybridized carbons (Fsp3) is 0. The van der Waals surface area contributed by atoms with E-state index >= 15 is 0 Å². The lowest BCUT2D eigenvalue weighted by molar-refractivity contribution is 0.668. The number of rotatable bonds is 5. The van der Waals surface area contributed by atoms with E-state index in [1.54, 1.807) is 0 Å². The van der Waals surface area contributed by atoms with Crippen molar-refractivity contribution in [3.8, 4) is 51.0 Å². The molecule has 0 aliphatic heterocycles. The van der Waals surface area contributed by atoms with Crippen molar-refractivity contribution in [3.63, 3.8) is 0 Å². The predicted molar refractivity (Wildman–Crippen MR) is 230 cm³/mol. The van der Waals surface area contributed by atoms with Gasteiger partial charge in [0.15, 0.2) is 17.5 Å². The van der Waals surface area contributed by atoms with Gasteiger partial charge in [-0.3, -0.25) is 0 Å². The molecule has 0 amide bonds. The third-order valence-corrected chi connectivity index (χ3v) is 11.1. The molecule has 266 valence electrons. The Bertz CT molecular complexity index is 3410. The Morgan fingerprint density at radius 1 is 0.298 bits per heavy atom. The molecular weight excluding hydrogens is 701 g/mol. The van der Waals surface area contributed by atoms with Gasteiger partial charge < -0.3 is 13.4 Å². The van der Waals surface area contributed by atoms with Gasteiger partial charge in [0.25, 0.3) is 0 Å². The quantitative estimate of drug-likeness (QED) is 0.176. The minimum atomic E-state index is 0.604. The summed E-state index contributed by atoms with van der Waals surface area (Å²) < 4.78 is 15.1. The first-order chi connectivity index (χ1) is 28.2. The molecule has 4 heterocycles. The van der Waals surface area contributed by atoms with Crippen molar-refractivity contribution in [1.29, 1.82) is 0 Å². The second-order valence-electron chi connectivity index (χ2n) is 14.4. The van der Waals surface area contributed by atoms with Gasteiger partial charge in [-0.2, -0.15) is 0 Å². The standard InChI is InChI=1S/C51H30N4O2/c1-3-11-31(12-4-1)49-52-50(32-13-5-2-6-14-32)54-51(53-49)35-21-25-47-41(29-35)39-27-33(19-23-45(39)56-47)34-20-24-46-40(28-34)42-30-36(22-26-48(42)57-46)55-43-17-9-7-15-37(43)38-16-8-10-18-44(38)55/h1-30H. The monoisotopic (exact) mass is 730 g/mol. The Morgan fingerprint density at radius 2 is 0.684 bits per heavy atom. The molecule has 0 radical (unpaired) electrons. The van der Waals surface area contributed by atoms with Crippen LogP contribution in [0.15, 0.2) is 191 Å². The van der Waals surface area contributed by atoms with Crippen LogP contribution in [0.2, 0.25) is 0 Å². The Kier molecular flexibility index (Phi) is 6.83. The molecule has 0 saturated heterocycles. The molecular formula is C51H30N4O2. The van der Waals surface area contributed by atoms with Crippen LogP contribution in [0.1, 0.15) is 0 Å². The molecule has 12 rings (SSSR count). The zero-order valence-corrected chi connectivity index (χ0v) is 30.4. The largest absolute Gasteiger partial charge is 0.456 e. The van der Waals surface area contributed by atoms with Crippen LogP contribution in [-0.2, 0) is 0 Å². The predicted octanol–water partition coefficient (Wildman–Crippen LogP) is 13.4. The Labute approximate surface area is 325 Å². The van der Waals surface area contributed by atoms with Crippen LogP contribution in [-0.4, -0.2) is 19.5 Å². The molecule has 0 aliphatic carbocycles. The maximum Gasteiger partial charge on any atom is 0.164 e. The van der Waals surface area contributed by atoms with Gasteiger partial charge in [-0.15, -0.1) is 0 Å². The zero-order valence-electron chi connectivity index (χ0n) is 30.4. The summed E-state index contributed by atoms with van der Waals surface area (Å²) in [6.45, 7) is 0. The lowest BCUT2D eigenvalue weighted by Gasteiger charge is -2.08. The molecule has 0 bridgehead atoms. The van der Waals surface area contributed by atoms with E-state index < -0.39 is 0 Å². The summed E-state index contributed by atoms with van der Waals surface area (Å²) in [5.41, 5.74) is 11.7. The molecule has 4 aromatic heterocycles. The minimum absolute atomic E-state index is 0.604. The first kappa shape index (κ1) is 31.5. The first-order valence-corrected chi connectivity index (χ1v) is 19.0. The van der Waals surface area contributed by atoms with E-state index in [0.29, 0.717) is 17.5 Å². The summed E-state index contributed by atoms with van der Waals surface area (Å²) in [4.78, 5) is 14.8. The maximum absolute atomic E-state index is 6.39. The van der Waals surface area contributed by atoms with Crippen LogP contribution < -0.4 is 0 Å². The van der Waals surface area contributed by atoms with Gasteiger partial charge in [-0.05, 0) is 83.9 Å². The minimum Gasteiger partial charge on any atom is -0.456 e. The SMILES string of the molecule is c1ccc(-c2nc(-c3ccccc3)nc(-c3ccc4oc5ccc(-c6ccc7oc8ccc(-n9c%10ccccc%10c%10ccccc%109)cc8c7c6)cc5c4c3)n2)cc1. The van der Waals surface area contributed by atoms with Crippen LogP contribution in [0.4, 0.5) is 0 Å². The van der Waals surface area contributed by atoms with Crippen LogP contribution in [0.5, 0.6) is 0 Å². The molecule has 0 spiro atoms. The molecule has 0 atom stereocenters. The average Bonchev–Trinajstić information content (AvgIpc) is 3.95. The fourth-order valence-electron chi connectivity index (χ4n) is 8.32. The van der Waals surface area contributed by atoms with Crippen molar-refractivity contribution in [2.75, 3.05) is 0 Å². The summed E-state index contributed by atoms with van der Waals surface area (Å²) in [6, 6.07) is 62.8. The van der Waals surface area contributed by atoms with E-state index in [-0.39, 0.29) is 0 Å². The third kappa shape index (κ3) is 5.08. The molecule has 0 fully saturated rings. The third-order valence-electron chi connectivity index (χ3n) is 11.1. The highest BCUT2D eigenvalue weighted by Crippen LogP contribution is 2.39. The number of benzene rings is 8. The van der Waals surface area contributed by atoms with Gasteiger partial charge >= 0.3 is 0 Å². The van der Waals surface area contributed by atoms with Crippen molar-refractivity contribution in [2.24, 2.45) is 0 Å². The number of hydrogen-bond donors (Lipinski definition) is 0. The second-order valence-corrected chi connectivity index (χ2v) is 14.4.